The average Bonchev–Trinajstić information content (AvgIpc) is 2.50. The lowest BCUT2D eigenvalue weighted by Gasteiger charge is -2.25. The molecule has 21 heavy (non-hydrogen) atoms. The molecule has 108 valence electrons. The summed E-state index contributed by atoms with van der Waals surface area (Å²) < 4.78 is 37.4. The molecule has 2 aromatic rings. The smallest absolute Gasteiger partial charge is 0.269 e. The van der Waals surface area contributed by atoms with Gasteiger partial charge < -0.3 is 14.8 Å². The maximum absolute atomic E-state index is 13.5. The lowest BCUT2D eigenvalue weighted by molar-refractivity contribution is -0.125. The van der Waals surface area contributed by atoms with Gasteiger partial charge in [0.15, 0.2) is 11.5 Å². The van der Waals surface area contributed by atoms with Crippen LogP contribution in [0.15, 0.2) is 42.5 Å². The molecule has 1 amide bonds. The van der Waals surface area contributed by atoms with E-state index in [1.54, 1.807) is 24.3 Å². The Balaban J connectivity index is 1.74. The third-order valence-electron chi connectivity index (χ3n) is 2.99. The highest BCUT2D eigenvalue weighted by Gasteiger charge is 2.27. The summed E-state index contributed by atoms with van der Waals surface area (Å²) in [6.07, 6.45) is -0.928. The number of fused-ring (bicyclic) bond motifs is 1. The number of anilines is 1. The molecule has 0 radical (unpaired) electrons. The van der Waals surface area contributed by atoms with E-state index in [0.29, 0.717) is 11.5 Å². The molecule has 0 unspecified atom stereocenters. The van der Waals surface area contributed by atoms with E-state index in [9.17, 15) is 13.6 Å². The topological polar surface area (TPSA) is 47.6 Å². The molecule has 4 nitrogen and oxygen atoms in total. The fraction of sp³-hybridized carbons (Fsp3) is 0.133. The Morgan fingerprint density at radius 1 is 1.14 bits per heavy atom. The van der Waals surface area contributed by atoms with Crippen molar-refractivity contribution in [1.29, 1.82) is 0 Å². The molecule has 0 saturated carbocycles. The summed E-state index contributed by atoms with van der Waals surface area (Å²) in [4.78, 5) is 12.0. The van der Waals surface area contributed by atoms with Crippen molar-refractivity contribution in [2.75, 3.05) is 11.9 Å². The van der Waals surface area contributed by atoms with Crippen LogP contribution in [0.25, 0.3) is 0 Å². The van der Waals surface area contributed by atoms with Gasteiger partial charge in [-0.2, -0.15) is 0 Å². The van der Waals surface area contributed by atoms with Crippen molar-refractivity contribution in [3.8, 4) is 11.5 Å². The normalized spacial score (nSPS) is 16.4. The number of ether oxygens (including phenoxy) is 2. The summed E-state index contributed by atoms with van der Waals surface area (Å²) in [5.41, 5.74) is -0.234. The van der Waals surface area contributed by atoms with Gasteiger partial charge >= 0.3 is 0 Å². The summed E-state index contributed by atoms with van der Waals surface area (Å²) in [5, 5.41) is 2.29. The Kier molecular flexibility index (Phi) is 3.43. The first-order valence-corrected chi connectivity index (χ1v) is 6.28. The second-order valence-corrected chi connectivity index (χ2v) is 4.48. The van der Waals surface area contributed by atoms with Crippen molar-refractivity contribution in [3.05, 3.63) is 54.1 Å². The molecule has 0 spiro atoms. The lowest BCUT2D eigenvalue weighted by atomic mass is 10.2. The van der Waals surface area contributed by atoms with Crippen molar-refractivity contribution in [3.63, 3.8) is 0 Å². The van der Waals surface area contributed by atoms with Crippen LogP contribution in [-0.4, -0.2) is 18.6 Å². The molecule has 0 bridgehead atoms. The standard InChI is InChI=1S/C15H11F2NO3/c16-9-5-6-10(17)11(7-9)18-15(19)14-8-20-12-3-1-2-4-13(12)21-14/h1-7,14H,8H2,(H,18,19)/t14-/m1/s1. The van der Waals surface area contributed by atoms with Gasteiger partial charge in [-0.3, -0.25) is 4.79 Å². The zero-order valence-electron chi connectivity index (χ0n) is 10.8. The van der Waals surface area contributed by atoms with E-state index in [1.165, 1.54) is 0 Å². The Labute approximate surface area is 119 Å². The van der Waals surface area contributed by atoms with E-state index in [4.69, 9.17) is 9.47 Å². The molecule has 0 aliphatic carbocycles. The molecule has 0 aromatic heterocycles. The van der Waals surface area contributed by atoms with E-state index < -0.39 is 23.6 Å². The number of amides is 1. The number of nitrogens with one attached hydrogen (secondary N) is 1. The number of hydrogen-bond acceptors (Lipinski definition) is 3. The van der Waals surface area contributed by atoms with Crippen molar-refractivity contribution in [2.24, 2.45) is 0 Å². The van der Waals surface area contributed by atoms with Crippen molar-refractivity contribution in [1.82, 2.24) is 0 Å². The zero-order valence-corrected chi connectivity index (χ0v) is 10.8. The van der Waals surface area contributed by atoms with Gasteiger partial charge in [-0.05, 0) is 24.3 Å². The Bertz CT molecular complexity index is 690. The predicted octanol–water partition coefficient (Wildman–Crippen LogP) is 2.74. The third-order valence-corrected chi connectivity index (χ3v) is 2.99. The minimum Gasteiger partial charge on any atom is -0.485 e. The molecule has 1 aliphatic rings. The molecular formula is C15H11F2NO3. The van der Waals surface area contributed by atoms with Crippen molar-refractivity contribution in [2.45, 2.75) is 6.10 Å². The highest BCUT2D eigenvalue weighted by molar-refractivity contribution is 5.94. The number of carbonyl (C=O) groups excluding carboxylic acids is 1. The van der Waals surface area contributed by atoms with Gasteiger partial charge in [0.1, 0.15) is 18.2 Å². The average molecular weight is 291 g/mol. The molecular weight excluding hydrogens is 280 g/mol. The van der Waals surface area contributed by atoms with Gasteiger partial charge in [0.2, 0.25) is 6.10 Å². The molecule has 1 atom stereocenters. The maximum Gasteiger partial charge on any atom is 0.269 e. The van der Waals surface area contributed by atoms with E-state index >= 15 is 0 Å². The van der Waals surface area contributed by atoms with E-state index in [0.717, 1.165) is 18.2 Å². The van der Waals surface area contributed by atoms with Gasteiger partial charge in [-0.15, -0.1) is 0 Å². The molecule has 0 saturated heterocycles. The van der Waals surface area contributed by atoms with Crippen LogP contribution in [0.1, 0.15) is 0 Å². The van der Waals surface area contributed by atoms with Crippen LogP contribution >= 0.6 is 0 Å². The van der Waals surface area contributed by atoms with Crippen LogP contribution in [0.5, 0.6) is 11.5 Å². The van der Waals surface area contributed by atoms with Gasteiger partial charge in [-0.1, -0.05) is 12.1 Å². The first-order chi connectivity index (χ1) is 10.1. The quantitative estimate of drug-likeness (QED) is 0.925. The summed E-state index contributed by atoms with van der Waals surface area (Å²) in [6.45, 7) is -0.000217. The van der Waals surface area contributed by atoms with Crippen LogP contribution < -0.4 is 14.8 Å². The van der Waals surface area contributed by atoms with Crippen molar-refractivity contribution >= 4 is 11.6 Å². The Morgan fingerprint density at radius 3 is 2.71 bits per heavy atom. The van der Waals surface area contributed by atoms with Gasteiger partial charge in [0.05, 0.1) is 5.69 Å². The van der Waals surface area contributed by atoms with E-state index in [-0.39, 0.29) is 12.3 Å². The third kappa shape index (κ3) is 2.79. The zero-order chi connectivity index (χ0) is 14.8. The minimum atomic E-state index is -0.928. The molecule has 1 heterocycles. The molecule has 0 fully saturated rings. The highest BCUT2D eigenvalue weighted by atomic mass is 19.1. The molecule has 6 heteroatoms. The van der Waals surface area contributed by atoms with E-state index in [1.807, 2.05) is 0 Å². The Hall–Kier alpha value is -2.63. The number of para-hydroxylation sites is 2. The molecule has 1 N–H and O–H groups in total. The fourth-order valence-corrected chi connectivity index (χ4v) is 1.96. The predicted molar refractivity (Wildman–Crippen MR) is 71.3 cm³/mol. The first-order valence-electron chi connectivity index (χ1n) is 6.28. The summed E-state index contributed by atoms with van der Waals surface area (Å²) in [5.74, 6) is -0.990. The first kappa shape index (κ1) is 13.4. The minimum absolute atomic E-state index is 0.000217. The van der Waals surface area contributed by atoms with Crippen LogP contribution in [0.4, 0.5) is 14.5 Å². The van der Waals surface area contributed by atoms with Crippen LogP contribution in [0.2, 0.25) is 0 Å². The van der Waals surface area contributed by atoms with Gasteiger partial charge in [0.25, 0.3) is 5.91 Å². The number of carbonyl (C=O) groups is 1. The Morgan fingerprint density at radius 2 is 1.90 bits per heavy atom. The largest absolute Gasteiger partial charge is 0.485 e. The van der Waals surface area contributed by atoms with Crippen LogP contribution in [0.3, 0.4) is 0 Å². The van der Waals surface area contributed by atoms with Gasteiger partial charge in [-0.25, -0.2) is 8.78 Å². The van der Waals surface area contributed by atoms with Crippen molar-refractivity contribution < 1.29 is 23.0 Å². The number of benzene rings is 2. The van der Waals surface area contributed by atoms with Crippen LogP contribution in [0, 0.1) is 11.6 Å². The molecule has 3 rings (SSSR count). The second-order valence-electron chi connectivity index (χ2n) is 4.48. The number of halogens is 2. The molecule has 1 aliphatic heterocycles. The highest BCUT2D eigenvalue weighted by Crippen LogP contribution is 2.31. The maximum atomic E-state index is 13.5. The number of rotatable bonds is 2. The van der Waals surface area contributed by atoms with E-state index in [2.05, 4.69) is 5.32 Å². The summed E-state index contributed by atoms with van der Waals surface area (Å²) >= 11 is 0. The number of hydrogen-bond donors (Lipinski definition) is 1. The summed E-state index contributed by atoms with van der Waals surface area (Å²) in [6, 6.07) is 9.73. The second kappa shape index (κ2) is 5.40. The SMILES string of the molecule is O=C(Nc1cc(F)ccc1F)[C@H]1COc2ccccc2O1. The van der Waals surface area contributed by atoms with Crippen LogP contribution in [-0.2, 0) is 4.79 Å². The summed E-state index contributed by atoms with van der Waals surface area (Å²) in [7, 11) is 0. The fourth-order valence-electron chi connectivity index (χ4n) is 1.96. The van der Waals surface area contributed by atoms with Gasteiger partial charge in [0, 0.05) is 6.07 Å². The monoisotopic (exact) mass is 291 g/mol. The lowest BCUT2D eigenvalue weighted by Crippen LogP contribution is -2.40. The molecule has 2 aromatic carbocycles.